The average Bonchev–Trinajstić information content (AvgIpc) is 2.51. The molecule has 2 unspecified atom stereocenters. The highest BCUT2D eigenvalue weighted by Gasteiger charge is 2.30. The topological polar surface area (TPSA) is 21.3 Å². The van der Waals surface area contributed by atoms with Crippen molar-refractivity contribution in [3.05, 3.63) is 34.9 Å². The normalized spacial score (nSPS) is 19.4. The smallest absolute Gasteiger partial charge is 0.0755 e. The predicted octanol–water partition coefficient (Wildman–Crippen LogP) is 4.46. The van der Waals surface area contributed by atoms with E-state index < -0.39 is 0 Å². The van der Waals surface area contributed by atoms with Gasteiger partial charge in [-0.3, -0.25) is 0 Å². The molecule has 0 aliphatic heterocycles. The van der Waals surface area contributed by atoms with Crippen LogP contribution < -0.4 is 5.32 Å². The lowest BCUT2D eigenvalue weighted by molar-refractivity contribution is 0.00869. The molecule has 0 radical (unpaired) electrons. The van der Waals surface area contributed by atoms with Gasteiger partial charge in [0.2, 0.25) is 0 Å². The molecule has 21 heavy (non-hydrogen) atoms. The molecule has 0 saturated heterocycles. The Morgan fingerprint density at radius 3 is 2.57 bits per heavy atom. The molecule has 1 aromatic rings. The molecule has 0 aromatic heterocycles. The SMILES string of the molecule is CCNC(Cc1ccccc1Cl)C(OC)C1CCCCC1. The molecule has 0 heterocycles. The van der Waals surface area contributed by atoms with Crippen LogP contribution in [0.5, 0.6) is 0 Å². The zero-order chi connectivity index (χ0) is 15.1. The largest absolute Gasteiger partial charge is 0.380 e. The van der Waals surface area contributed by atoms with E-state index >= 15 is 0 Å². The van der Waals surface area contributed by atoms with Crippen LogP contribution in [0.2, 0.25) is 5.02 Å². The van der Waals surface area contributed by atoms with Crippen LogP contribution in [0.1, 0.15) is 44.6 Å². The summed E-state index contributed by atoms with van der Waals surface area (Å²) in [6.45, 7) is 3.12. The fourth-order valence-corrected chi connectivity index (χ4v) is 3.83. The zero-order valence-corrected chi connectivity index (χ0v) is 14.0. The van der Waals surface area contributed by atoms with E-state index in [2.05, 4.69) is 24.4 Å². The van der Waals surface area contributed by atoms with E-state index in [4.69, 9.17) is 16.3 Å². The number of halogens is 1. The van der Waals surface area contributed by atoms with Crippen molar-refractivity contribution < 1.29 is 4.74 Å². The summed E-state index contributed by atoms with van der Waals surface area (Å²) in [5, 5.41) is 4.48. The van der Waals surface area contributed by atoms with Gasteiger partial charge in [-0.05, 0) is 43.4 Å². The number of hydrogen-bond donors (Lipinski definition) is 1. The van der Waals surface area contributed by atoms with Crippen LogP contribution >= 0.6 is 11.6 Å². The highest BCUT2D eigenvalue weighted by Crippen LogP contribution is 2.30. The highest BCUT2D eigenvalue weighted by atomic mass is 35.5. The lowest BCUT2D eigenvalue weighted by atomic mass is 9.81. The number of likely N-dealkylation sites (N-methyl/N-ethyl adjacent to an activating group) is 1. The van der Waals surface area contributed by atoms with Gasteiger partial charge in [-0.2, -0.15) is 0 Å². The minimum Gasteiger partial charge on any atom is -0.380 e. The molecule has 2 rings (SSSR count). The van der Waals surface area contributed by atoms with E-state index in [-0.39, 0.29) is 6.10 Å². The molecule has 118 valence electrons. The third-order valence-electron chi connectivity index (χ3n) is 4.65. The third kappa shape index (κ3) is 4.70. The fraction of sp³-hybridized carbons (Fsp3) is 0.667. The van der Waals surface area contributed by atoms with Gasteiger partial charge in [0, 0.05) is 18.2 Å². The molecular formula is C18H28ClNO. The summed E-state index contributed by atoms with van der Waals surface area (Å²) in [7, 11) is 1.86. The minimum atomic E-state index is 0.279. The first kappa shape index (κ1) is 16.8. The highest BCUT2D eigenvalue weighted by molar-refractivity contribution is 6.31. The van der Waals surface area contributed by atoms with Gasteiger partial charge in [0.1, 0.15) is 0 Å². The van der Waals surface area contributed by atoms with Gasteiger partial charge in [-0.1, -0.05) is 56.0 Å². The second kappa shape index (κ2) is 8.77. The average molecular weight is 310 g/mol. The van der Waals surface area contributed by atoms with Crippen LogP contribution in [-0.2, 0) is 11.2 Å². The number of rotatable bonds is 7. The summed E-state index contributed by atoms with van der Waals surface area (Å²) in [6, 6.07) is 8.49. The monoisotopic (exact) mass is 309 g/mol. The van der Waals surface area contributed by atoms with E-state index in [0.717, 1.165) is 18.0 Å². The van der Waals surface area contributed by atoms with Gasteiger partial charge in [-0.25, -0.2) is 0 Å². The van der Waals surface area contributed by atoms with Gasteiger partial charge >= 0.3 is 0 Å². The Morgan fingerprint density at radius 2 is 1.95 bits per heavy atom. The standard InChI is InChI=1S/C18H28ClNO/c1-3-20-17(13-15-11-7-8-12-16(15)19)18(21-2)14-9-5-4-6-10-14/h7-8,11-12,14,17-18,20H,3-6,9-10,13H2,1-2H3. The van der Waals surface area contributed by atoms with Crippen LogP contribution in [-0.4, -0.2) is 25.8 Å². The Labute approximate surface area is 134 Å². The third-order valence-corrected chi connectivity index (χ3v) is 5.02. The van der Waals surface area contributed by atoms with Crippen molar-refractivity contribution in [2.75, 3.05) is 13.7 Å². The van der Waals surface area contributed by atoms with Crippen LogP contribution in [0.4, 0.5) is 0 Å². The van der Waals surface area contributed by atoms with Gasteiger partial charge in [-0.15, -0.1) is 0 Å². The maximum Gasteiger partial charge on any atom is 0.0755 e. The Kier molecular flexibility index (Phi) is 7.01. The maximum absolute atomic E-state index is 6.33. The Balaban J connectivity index is 2.10. The Morgan fingerprint density at radius 1 is 1.24 bits per heavy atom. The van der Waals surface area contributed by atoms with Crippen molar-refractivity contribution in [3.63, 3.8) is 0 Å². The van der Waals surface area contributed by atoms with Crippen molar-refractivity contribution in [3.8, 4) is 0 Å². The second-order valence-corrected chi connectivity index (χ2v) is 6.47. The second-order valence-electron chi connectivity index (χ2n) is 6.06. The molecule has 2 nitrogen and oxygen atoms in total. The summed E-state index contributed by atoms with van der Waals surface area (Å²) >= 11 is 6.33. The number of methoxy groups -OCH3 is 1. The van der Waals surface area contributed by atoms with E-state index in [0.29, 0.717) is 12.0 Å². The van der Waals surface area contributed by atoms with Crippen molar-refractivity contribution in [2.45, 2.75) is 57.6 Å². The number of benzene rings is 1. The minimum absolute atomic E-state index is 0.279. The molecule has 1 aliphatic carbocycles. The zero-order valence-electron chi connectivity index (χ0n) is 13.3. The molecule has 1 aliphatic rings. The van der Waals surface area contributed by atoms with Crippen molar-refractivity contribution in [1.82, 2.24) is 5.32 Å². The van der Waals surface area contributed by atoms with Gasteiger partial charge in [0.25, 0.3) is 0 Å². The van der Waals surface area contributed by atoms with Crippen LogP contribution in [0.3, 0.4) is 0 Å². The molecule has 0 amide bonds. The van der Waals surface area contributed by atoms with Crippen molar-refractivity contribution >= 4 is 11.6 Å². The molecule has 0 bridgehead atoms. The summed E-state index contributed by atoms with van der Waals surface area (Å²) in [4.78, 5) is 0. The molecule has 3 heteroatoms. The molecular weight excluding hydrogens is 282 g/mol. The fourth-order valence-electron chi connectivity index (χ4n) is 3.62. The van der Waals surface area contributed by atoms with Gasteiger partial charge in [0.15, 0.2) is 0 Å². The first-order chi connectivity index (χ1) is 10.3. The van der Waals surface area contributed by atoms with E-state index in [1.807, 2.05) is 19.2 Å². The van der Waals surface area contributed by atoms with Crippen LogP contribution in [0.15, 0.2) is 24.3 Å². The molecule has 1 N–H and O–H groups in total. The molecule has 1 fully saturated rings. The summed E-state index contributed by atoms with van der Waals surface area (Å²) in [5.41, 5.74) is 1.21. The van der Waals surface area contributed by atoms with Crippen molar-refractivity contribution in [1.29, 1.82) is 0 Å². The summed E-state index contributed by atoms with van der Waals surface area (Å²) < 4.78 is 5.91. The predicted molar refractivity (Wildman–Crippen MR) is 90.0 cm³/mol. The Bertz CT molecular complexity index is 417. The number of nitrogens with one attached hydrogen (secondary N) is 1. The summed E-state index contributed by atoms with van der Waals surface area (Å²) in [5.74, 6) is 0.676. The van der Waals surface area contributed by atoms with Gasteiger partial charge in [0.05, 0.1) is 6.10 Å². The molecule has 1 aromatic carbocycles. The molecule has 0 spiro atoms. The van der Waals surface area contributed by atoms with Crippen molar-refractivity contribution in [2.24, 2.45) is 5.92 Å². The quantitative estimate of drug-likeness (QED) is 0.803. The summed E-state index contributed by atoms with van der Waals surface area (Å²) in [6.07, 6.45) is 7.87. The lowest BCUT2D eigenvalue weighted by Crippen LogP contribution is -2.47. The van der Waals surface area contributed by atoms with E-state index in [9.17, 15) is 0 Å². The first-order valence-corrected chi connectivity index (χ1v) is 8.63. The Hall–Kier alpha value is -0.570. The number of ether oxygens (including phenoxy) is 1. The van der Waals surface area contributed by atoms with Crippen LogP contribution in [0, 0.1) is 5.92 Å². The van der Waals surface area contributed by atoms with Gasteiger partial charge < -0.3 is 10.1 Å². The number of hydrogen-bond acceptors (Lipinski definition) is 2. The molecule has 1 saturated carbocycles. The van der Waals surface area contributed by atoms with Crippen LogP contribution in [0.25, 0.3) is 0 Å². The maximum atomic E-state index is 6.33. The first-order valence-electron chi connectivity index (χ1n) is 8.25. The van der Waals surface area contributed by atoms with E-state index in [1.54, 1.807) is 0 Å². The van der Waals surface area contributed by atoms with E-state index in [1.165, 1.54) is 37.7 Å². The molecule has 2 atom stereocenters. The lowest BCUT2D eigenvalue weighted by Gasteiger charge is -2.35.